The van der Waals surface area contributed by atoms with Crippen LogP contribution in [0.3, 0.4) is 0 Å². The first-order chi connectivity index (χ1) is 12.7. The molecule has 1 aromatic carbocycles. The molecule has 0 aliphatic rings. The molecule has 0 saturated heterocycles. The van der Waals surface area contributed by atoms with E-state index in [0.29, 0.717) is 23.8 Å². The SMILES string of the molecule is CCNC(=NCc1ccc(OC)c(OC)c1OC)NCCn1cccc1. The summed E-state index contributed by atoms with van der Waals surface area (Å²) in [5, 5.41) is 6.59. The van der Waals surface area contributed by atoms with Gasteiger partial charge in [0, 0.05) is 37.6 Å². The third kappa shape index (κ3) is 5.08. The molecule has 0 aliphatic carbocycles. The molecule has 2 aromatic rings. The Morgan fingerprint density at radius 2 is 1.73 bits per heavy atom. The number of aromatic nitrogens is 1. The van der Waals surface area contributed by atoms with Crippen LogP contribution < -0.4 is 24.8 Å². The Balaban J connectivity index is 2.07. The van der Waals surface area contributed by atoms with Gasteiger partial charge < -0.3 is 29.4 Å². The Morgan fingerprint density at radius 3 is 2.35 bits per heavy atom. The van der Waals surface area contributed by atoms with Gasteiger partial charge in [0.1, 0.15) is 0 Å². The number of ether oxygens (including phenoxy) is 3. The van der Waals surface area contributed by atoms with Crippen LogP contribution in [0.25, 0.3) is 0 Å². The Kier molecular flexibility index (Phi) is 7.67. The van der Waals surface area contributed by atoms with Gasteiger partial charge in [-0.3, -0.25) is 0 Å². The minimum atomic E-state index is 0.461. The third-order valence-corrected chi connectivity index (χ3v) is 3.87. The lowest BCUT2D eigenvalue weighted by atomic mass is 10.1. The summed E-state index contributed by atoms with van der Waals surface area (Å²) in [6.07, 6.45) is 4.08. The molecular formula is C19H28N4O3. The van der Waals surface area contributed by atoms with E-state index in [0.717, 1.165) is 31.2 Å². The fourth-order valence-electron chi connectivity index (χ4n) is 2.62. The molecule has 142 valence electrons. The summed E-state index contributed by atoms with van der Waals surface area (Å²) >= 11 is 0. The molecule has 7 heteroatoms. The summed E-state index contributed by atoms with van der Waals surface area (Å²) in [5.41, 5.74) is 0.924. The van der Waals surface area contributed by atoms with Crippen molar-refractivity contribution >= 4 is 5.96 Å². The number of aliphatic imine (C=N–C) groups is 1. The van der Waals surface area contributed by atoms with Gasteiger partial charge in [-0.25, -0.2) is 4.99 Å². The number of hydrogen-bond donors (Lipinski definition) is 2. The van der Waals surface area contributed by atoms with Gasteiger partial charge in [0.2, 0.25) is 5.75 Å². The van der Waals surface area contributed by atoms with Crippen molar-refractivity contribution in [2.45, 2.75) is 20.0 Å². The first-order valence-electron chi connectivity index (χ1n) is 8.64. The van der Waals surface area contributed by atoms with Crippen molar-refractivity contribution in [3.8, 4) is 17.2 Å². The average Bonchev–Trinajstić information content (AvgIpc) is 3.18. The summed E-state index contributed by atoms with van der Waals surface area (Å²) < 4.78 is 18.4. The van der Waals surface area contributed by atoms with E-state index in [2.05, 4.69) is 20.2 Å². The monoisotopic (exact) mass is 360 g/mol. The smallest absolute Gasteiger partial charge is 0.203 e. The lowest BCUT2D eigenvalue weighted by Gasteiger charge is -2.16. The van der Waals surface area contributed by atoms with Crippen molar-refractivity contribution in [3.63, 3.8) is 0 Å². The van der Waals surface area contributed by atoms with E-state index in [1.807, 2.05) is 43.6 Å². The molecule has 0 fully saturated rings. The minimum absolute atomic E-state index is 0.461. The lowest BCUT2D eigenvalue weighted by Crippen LogP contribution is -2.38. The zero-order valence-electron chi connectivity index (χ0n) is 15.9. The van der Waals surface area contributed by atoms with E-state index >= 15 is 0 Å². The molecule has 0 aliphatic heterocycles. The largest absolute Gasteiger partial charge is 0.493 e. The summed E-state index contributed by atoms with van der Waals surface area (Å²) in [6.45, 7) is 4.95. The van der Waals surface area contributed by atoms with Crippen LogP contribution in [0.1, 0.15) is 12.5 Å². The van der Waals surface area contributed by atoms with Gasteiger partial charge in [-0.2, -0.15) is 0 Å². The topological polar surface area (TPSA) is 69.0 Å². The van der Waals surface area contributed by atoms with Gasteiger partial charge in [0.15, 0.2) is 17.5 Å². The minimum Gasteiger partial charge on any atom is -0.493 e. The first-order valence-corrected chi connectivity index (χ1v) is 8.64. The van der Waals surface area contributed by atoms with Crippen molar-refractivity contribution in [2.24, 2.45) is 4.99 Å². The van der Waals surface area contributed by atoms with E-state index in [1.165, 1.54) is 0 Å². The number of benzene rings is 1. The molecule has 0 spiro atoms. The standard InChI is InChI=1S/C19H28N4O3/c1-5-20-19(21-10-13-23-11-6-7-12-23)22-14-15-8-9-16(24-2)18(26-4)17(15)25-3/h6-9,11-12H,5,10,13-14H2,1-4H3,(H2,20,21,22). The number of nitrogens with one attached hydrogen (secondary N) is 2. The van der Waals surface area contributed by atoms with Crippen molar-refractivity contribution in [3.05, 3.63) is 42.2 Å². The maximum Gasteiger partial charge on any atom is 0.203 e. The molecule has 0 unspecified atom stereocenters. The molecule has 0 bridgehead atoms. The maximum absolute atomic E-state index is 5.51. The molecule has 2 rings (SSSR count). The second-order valence-corrected chi connectivity index (χ2v) is 5.54. The highest BCUT2D eigenvalue weighted by Crippen LogP contribution is 2.39. The van der Waals surface area contributed by atoms with Crippen molar-refractivity contribution in [1.29, 1.82) is 0 Å². The van der Waals surface area contributed by atoms with Crippen LogP contribution in [-0.4, -0.2) is 44.9 Å². The van der Waals surface area contributed by atoms with E-state index in [4.69, 9.17) is 14.2 Å². The molecule has 26 heavy (non-hydrogen) atoms. The van der Waals surface area contributed by atoms with Gasteiger partial charge in [-0.05, 0) is 31.2 Å². The molecule has 0 amide bonds. The highest BCUT2D eigenvalue weighted by Gasteiger charge is 2.15. The van der Waals surface area contributed by atoms with Crippen LogP contribution in [0.2, 0.25) is 0 Å². The Labute approximate surface area is 155 Å². The highest BCUT2D eigenvalue weighted by molar-refractivity contribution is 5.79. The first kappa shape index (κ1) is 19.5. The summed E-state index contributed by atoms with van der Waals surface area (Å²) in [6, 6.07) is 7.83. The molecule has 0 atom stereocenters. The third-order valence-electron chi connectivity index (χ3n) is 3.87. The van der Waals surface area contributed by atoms with E-state index in [9.17, 15) is 0 Å². The van der Waals surface area contributed by atoms with Gasteiger partial charge in [0.25, 0.3) is 0 Å². The summed E-state index contributed by atoms with van der Waals surface area (Å²) in [5.74, 6) is 2.61. The Hall–Kier alpha value is -2.83. The number of methoxy groups -OCH3 is 3. The van der Waals surface area contributed by atoms with Crippen molar-refractivity contribution in [2.75, 3.05) is 34.4 Å². The Morgan fingerprint density at radius 1 is 1.00 bits per heavy atom. The fourth-order valence-corrected chi connectivity index (χ4v) is 2.62. The highest BCUT2D eigenvalue weighted by atomic mass is 16.5. The predicted octanol–water partition coefficient (Wildman–Crippen LogP) is 2.27. The Bertz CT molecular complexity index is 699. The summed E-state index contributed by atoms with van der Waals surface area (Å²) in [7, 11) is 4.82. The molecule has 1 aromatic heterocycles. The lowest BCUT2D eigenvalue weighted by molar-refractivity contribution is 0.322. The molecule has 0 saturated carbocycles. The summed E-state index contributed by atoms with van der Waals surface area (Å²) in [4.78, 5) is 4.65. The fraction of sp³-hybridized carbons (Fsp3) is 0.421. The van der Waals surface area contributed by atoms with Gasteiger partial charge in [-0.1, -0.05) is 0 Å². The molecule has 1 heterocycles. The molecule has 7 nitrogen and oxygen atoms in total. The zero-order valence-corrected chi connectivity index (χ0v) is 15.9. The van der Waals surface area contributed by atoms with Crippen molar-refractivity contribution < 1.29 is 14.2 Å². The van der Waals surface area contributed by atoms with Crippen LogP contribution >= 0.6 is 0 Å². The second kappa shape index (κ2) is 10.2. The van der Waals surface area contributed by atoms with Crippen molar-refractivity contribution in [1.82, 2.24) is 15.2 Å². The van der Waals surface area contributed by atoms with Crippen LogP contribution in [0.15, 0.2) is 41.7 Å². The second-order valence-electron chi connectivity index (χ2n) is 5.54. The van der Waals surface area contributed by atoms with Crippen LogP contribution in [0, 0.1) is 0 Å². The number of rotatable bonds is 9. The number of hydrogen-bond acceptors (Lipinski definition) is 4. The van der Waals surface area contributed by atoms with Crippen LogP contribution in [-0.2, 0) is 13.1 Å². The van der Waals surface area contributed by atoms with E-state index in [-0.39, 0.29) is 0 Å². The predicted molar refractivity (Wildman–Crippen MR) is 103 cm³/mol. The normalized spacial score (nSPS) is 11.2. The molecule has 2 N–H and O–H groups in total. The molecular weight excluding hydrogens is 332 g/mol. The van der Waals surface area contributed by atoms with Crippen LogP contribution in [0.5, 0.6) is 17.2 Å². The quantitative estimate of drug-likeness (QED) is 0.530. The van der Waals surface area contributed by atoms with Gasteiger partial charge in [-0.15, -0.1) is 0 Å². The van der Waals surface area contributed by atoms with E-state index in [1.54, 1.807) is 21.3 Å². The number of guanidine groups is 1. The van der Waals surface area contributed by atoms with Gasteiger partial charge in [0.05, 0.1) is 27.9 Å². The average molecular weight is 360 g/mol. The van der Waals surface area contributed by atoms with Gasteiger partial charge >= 0.3 is 0 Å². The zero-order chi connectivity index (χ0) is 18.8. The van der Waals surface area contributed by atoms with E-state index < -0.39 is 0 Å². The van der Waals surface area contributed by atoms with Crippen LogP contribution in [0.4, 0.5) is 0 Å². The maximum atomic E-state index is 5.51. The molecule has 0 radical (unpaired) electrons. The number of nitrogens with zero attached hydrogens (tertiary/aromatic N) is 2.